The van der Waals surface area contributed by atoms with Gasteiger partial charge in [0.05, 0.1) is 25.8 Å². The third kappa shape index (κ3) is 4.69. The third-order valence-electron chi connectivity index (χ3n) is 3.59. The number of urea groups is 1. The Bertz CT molecular complexity index is 762. The summed E-state index contributed by atoms with van der Waals surface area (Å²) in [6.07, 6.45) is 0. The van der Waals surface area contributed by atoms with Crippen LogP contribution in [0.4, 0.5) is 14.9 Å². The molecule has 0 radical (unpaired) electrons. The minimum atomic E-state index is -0.493. The molecule has 0 unspecified atom stereocenters. The Labute approximate surface area is 144 Å². The van der Waals surface area contributed by atoms with Gasteiger partial charge in [0, 0.05) is 5.69 Å². The van der Waals surface area contributed by atoms with Crippen molar-refractivity contribution in [1.82, 2.24) is 5.32 Å². The van der Waals surface area contributed by atoms with Crippen molar-refractivity contribution in [1.29, 1.82) is 0 Å². The normalized spacial score (nSPS) is 11.4. The lowest BCUT2D eigenvalue weighted by molar-refractivity contribution is 0.0600. The van der Waals surface area contributed by atoms with Crippen molar-refractivity contribution in [3.05, 3.63) is 59.4 Å². The van der Waals surface area contributed by atoms with Crippen LogP contribution in [0.3, 0.4) is 0 Å². The molecule has 0 spiro atoms. The summed E-state index contributed by atoms with van der Waals surface area (Å²) in [6, 6.07) is 9.91. The van der Waals surface area contributed by atoms with Gasteiger partial charge in [0.25, 0.3) is 0 Å². The fourth-order valence-corrected chi connectivity index (χ4v) is 2.21. The highest BCUT2D eigenvalue weighted by Crippen LogP contribution is 2.21. The Hall–Kier alpha value is -3.09. The number of halogens is 1. The van der Waals surface area contributed by atoms with E-state index in [9.17, 15) is 14.0 Å². The standard InChI is InChI=1S/C18H19FN2O4/c1-11(13-6-9-16(24-2)15(19)10-13)20-18(23)21-14-7-4-12(5-8-14)17(22)25-3/h4-11H,1-3H3,(H2,20,21,23)/t11-/m1/s1. The van der Waals surface area contributed by atoms with Crippen molar-refractivity contribution < 1.29 is 23.5 Å². The molecule has 0 saturated carbocycles. The van der Waals surface area contributed by atoms with Crippen molar-refractivity contribution in [3.8, 4) is 5.75 Å². The summed E-state index contributed by atoms with van der Waals surface area (Å²) in [6.45, 7) is 1.74. The van der Waals surface area contributed by atoms with E-state index in [2.05, 4.69) is 15.4 Å². The van der Waals surface area contributed by atoms with Gasteiger partial charge in [-0.2, -0.15) is 0 Å². The number of ether oxygens (including phenoxy) is 2. The van der Waals surface area contributed by atoms with E-state index in [1.54, 1.807) is 37.3 Å². The Balaban J connectivity index is 1.97. The minimum absolute atomic E-state index is 0.145. The first-order valence-electron chi connectivity index (χ1n) is 7.54. The molecule has 0 fully saturated rings. The SMILES string of the molecule is COC(=O)c1ccc(NC(=O)N[C@H](C)c2ccc(OC)c(F)c2)cc1. The average molecular weight is 346 g/mol. The summed E-state index contributed by atoms with van der Waals surface area (Å²) < 4.78 is 23.2. The molecule has 0 aliphatic carbocycles. The number of carbonyl (C=O) groups excluding carboxylic acids is 2. The molecule has 0 aliphatic rings. The van der Waals surface area contributed by atoms with Gasteiger partial charge in [-0.15, -0.1) is 0 Å². The van der Waals surface area contributed by atoms with Gasteiger partial charge in [-0.25, -0.2) is 14.0 Å². The number of amides is 2. The van der Waals surface area contributed by atoms with Crippen LogP contribution in [0.2, 0.25) is 0 Å². The molecule has 6 nitrogen and oxygen atoms in total. The van der Waals surface area contributed by atoms with E-state index in [-0.39, 0.29) is 5.75 Å². The van der Waals surface area contributed by atoms with E-state index in [0.29, 0.717) is 16.8 Å². The fraction of sp³-hybridized carbons (Fsp3) is 0.222. The number of esters is 1. The van der Waals surface area contributed by atoms with Crippen molar-refractivity contribution >= 4 is 17.7 Å². The van der Waals surface area contributed by atoms with Crippen LogP contribution >= 0.6 is 0 Å². The van der Waals surface area contributed by atoms with Gasteiger partial charge < -0.3 is 20.1 Å². The van der Waals surface area contributed by atoms with Gasteiger partial charge in [0.15, 0.2) is 11.6 Å². The zero-order chi connectivity index (χ0) is 18.4. The van der Waals surface area contributed by atoms with Crippen molar-refractivity contribution in [2.75, 3.05) is 19.5 Å². The second kappa shape index (κ2) is 8.14. The highest BCUT2D eigenvalue weighted by atomic mass is 19.1. The molecule has 2 aromatic carbocycles. The van der Waals surface area contributed by atoms with Crippen LogP contribution in [0.25, 0.3) is 0 Å². The number of hydrogen-bond acceptors (Lipinski definition) is 4. The lowest BCUT2D eigenvalue weighted by Gasteiger charge is -2.16. The van der Waals surface area contributed by atoms with E-state index in [1.807, 2.05) is 0 Å². The zero-order valence-electron chi connectivity index (χ0n) is 14.1. The van der Waals surface area contributed by atoms with E-state index >= 15 is 0 Å². The van der Waals surface area contributed by atoms with Gasteiger partial charge in [0.1, 0.15) is 0 Å². The van der Waals surface area contributed by atoms with Crippen LogP contribution in [0.1, 0.15) is 28.9 Å². The van der Waals surface area contributed by atoms with Gasteiger partial charge in [-0.1, -0.05) is 6.07 Å². The van der Waals surface area contributed by atoms with Crippen molar-refractivity contribution in [2.45, 2.75) is 13.0 Å². The number of benzene rings is 2. The Morgan fingerprint density at radius 2 is 1.76 bits per heavy atom. The second-order valence-electron chi connectivity index (χ2n) is 5.28. The van der Waals surface area contributed by atoms with E-state index in [1.165, 1.54) is 26.4 Å². The van der Waals surface area contributed by atoms with Crippen LogP contribution in [-0.4, -0.2) is 26.2 Å². The molecule has 2 rings (SSSR count). The molecular formula is C18H19FN2O4. The highest BCUT2D eigenvalue weighted by molar-refractivity contribution is 5.92. The molecule has 7 heteroatoms. The molecule has 0 aliphatic heterocycles. The summed E-state index contributed by atoms with van der Waals surface area (Å²) in [5, 5.41) is 5.35. The topological polar surface area (TPSA) is 76.7 Å². The van der Waals surface area contributed by atoms with Crippen molar-refractivity contribution in [2.24, 2.45) is 0 Å². The molecule has 0 bridgehead atoms. The summed E-state index contributed by atoms with van der Waals surface area (Å²) >= 11 is 0. The second-order valence-corrected chi connectivity index (χ2v) is 5.28. The van der Waals surface area contributed by atoms with E-state index < -0.39 is 23.9 Å². The number of hydrogen-bond donors (Lipinski definition) is 2. The molecule has 2 amide bonds. The zero-order valence-corrected chi connectivity index (χ0v) is 14.1. The third-order valence-corrected chi connectivity index (χ3v) is 3.59. The molecule has 132 valence electrons. The quantitative estimate of drug-likeness (QED) is 0.813. The lowest BCUT2D eigenvalue weighted by atomic mass is 10.1. The van der Waals surface area contributed by atoms with Crippen LogP contribution in [0.15, 0.2) is 42.5 Å². The predicted octanol–water partition coefficient (Wildman–Crippen LogP) is 3.50. The lowest BCUT2D eigenvalue weighted by Crippen LogP contribution is -2.31. The van der Waals surface area contributed by atoms with Crippen LogP contribution < -0.4 is 15.4 Å². The summed E-state index contributed by atoms with van der Waals surface area (Å²) in [5.74, 6) is -0.801. The smallest absolute Gasteiger partial charge is 0.337 e. The van der Waals surface area contributed by atoms with Gasteiger partial charge in [-0.3, -0.25) is 0 Å². The molecule has 0 heterocycles. The van der Waals surface area contributed by atoms with E-state index in [4.69, 9.17) is 4.74 Å². The minimum Gasteiger partial charge on any atom is -0.494 e. The molecule has 2 N–H and O–H groups in total. The Morgan fingerprint density at radius 3 is 2.32 bits per heavy atom. The van der Waals surface area contributed by atoms with Crippen LogP contribution in [0, 0.1) is 5.82 Å². The number of nitrogens with one attached hydrogen (secondary N) is 2. The number of rotatable bonds is 5. The van der Waals surface area contributed by atoms with Gasteiger partial charge in [0.2, 0.25) is 0 Å². The maximum absolute atomic E-state index is 13.7. The summed E-state index contributed by atoms with van der Waals surface area (Å²) in [4.78, 5) is 23.4. The maximum Gasteiger partial charge on any atom is 0.337 e. The largest absolute Gasteiger partial charge is 0.494 e. The molecule has 1 atom stereocenters. The molecule has 2 aromatic rings. The van der Waals surface area contributed by atoms with Gasteiger partial charge in [-0.05, 0) is 48.9 Å². The van der Waals surface area contributed by atoms with Gasteiger partial charge >= 0.3 is 12.0 Å². The number of anilines is 1. The monoisotopic (exact) mass is 346 g/mol. The first kappa shape index (κ1) is 18.3. The number of carbonyl (C=O) groups is 2. The van der Waals surface area contributed by atoms with Crippen LogP contribution in [0.5, 0.6) is 5.75 Å². The summed E-state index contributed by atoms with van der Waals surface area (Å²) in [5.41, 5.74) is 1.50. The molecule has 25 heavy (non-hydrogen) atoms. The van der Waals surface area contributed by atoms with E-state index in [0.717, 1.165) is 0 Å². The fourth-order valence-electron chi connectivity index (χ4n) is 2.21. The maximum atomic E-state index is 13.7. The first-order valence-corrected chi connectivity index (χ1v) is 7.54. The number of methoxy groups -OCH3 is 2. The average Bonchev–Trinajstić information content (AvgIpc) is 2.61. The first-order chi connectivity index (χ1) is 11.9. The predicted molar refractivity (Wildman–Crippen MR) is 91.3 cm³/mol. The Morgan fingerprint density at radius 1 is 1.08 bits per heavy atom. The van der Waals surface area contributed by atoms with Crippen molar-refractivity contribution in [3.63, 3.8) is 0 Å². The molecule has 0 saturated heterocycles. The molecule has 0 aromatic heterocycles. The summed E-state index contributed by atoms with van der Waals surface area (Å²) in [7, 11) is 2.68. The molecular weight excluding hydrogens is 327 g/mol. The van der Waals surface area contributed by atoms with Crippen LogP contribution in [-0.2, 0) is 4.74 Å². The highest BCUT2D eigenvalue weighted by Gasteiger charge is 2.13. The Kier molecular flexibility index (Phi) is 5.94.